The molecule has 35 heavy (non-hydrogen) atoms. The number of fused-ring (bicyclic) bond motifs is 2. The van der Waals surface area contributed by atoms with Gasteiger partial charge in [0, 0.05) is 37.5 Å². The molecule has 4 rings (SSSR count). The summed E-state index contributed by atoms with van der Waals surface area (Å²) in [6.45, 7) is 5.28. The lowest BCUT2D eigenvalue weighted by Gasteiger charge is -2.10. The molecule has 0 radical (unpaired) electrons. The number of carbonyl (C=O) groups is 1. The average molecular weight is 477 g/mol. The van der Waals surface area contributed by atoms with Crippen molar-refractivity contribution in [3.05, 3.63) is 63.2 Å². The summed E-state index contributed by atoms with van der Waals surface area (Å²) in [6.07, 6.45) is 6.95. The van der Waals surface area contributed by atoms with Crippen molar-refractivity contribution >= 4 is 33.7 Å². The van der Waals surface area contributed by atoms with Crippen LogP contribution in [0, 0.1) is 0 Å². The SMILES string of the molecule is CCCCCn1c(CCC(=O)Nc2cccc3ncccc23)nc2c1c(=O)[nH]c(=O)n2CCCC. The van der Waals surface area contributed by atoms with E-state index in [1.807, 2.05) is 41.8 Å². The Morgan fingerprint density at radius 2 is 1.80 bits per heavy atom. The van der Waals surface area contributed by atoms with Gasteiger partial charge in [0.1, 0.15) is 5.82 Å². The molecule has 0 aliphatic heterocycles. The van der Waals surface area contributed by atoms with Gasteiger partial charge in [-0.1, -0.05) is 39.2 Å². The number of pyridine rings is 1. The average Bonchev–Trinajstić information content (AvgIpc) is 3.22. The predicted molar refractivity (Wildman–Crippen MR) is 138 cm³/mol. The molecule has 0 saturated heterocycles. The number of hydrogen-bond donors (Lipinski definition) is 2. The molecule has 2 N–H and O–H groups in total. The molecule has 3 aromatic heterocycles. The molecule has 9 nitrogen and oxygen atoms in total. The van der Waals surface area contributed by atoms with E-state index < -0.39 is 11.2 Å². The van der Waals surface area contributed by atoms with Gasteiger partial charge >= 0.3 is 5.69 Å². The summed E-state index contributed by atoms with van der Waals surface area (Å²) in [6, 6.07) is 9.38. The Morgan fingerprint density at radius 3 is 2.60 bits per heavy atom. The first-order valence-electron chi connectivity index (χ1n) is 12.4. The van der Waals surface area contributed by atoms with Crippen LogP contribution in [0.4, 0.5) is 5.69 Å². The predicted octanol–water partition coefficient (Wildman–Crippen LogP) is 4.00. The summed E-state index contributed by atoms with van der Waals surface area (Å²) in [7, 11) is 0. The van der Waals surface area contributed by atoms with Crippen LogP contribution in [0.2, 0.25) is 0 Å². The molecule has 0 aliphatic rings. The van der Waals surface area contributed by atoms with Crippen LogP contribution >= 0.6 is 0 Å². The number of nitrogens with one attached hydrogen (secondary N) is 2. The third-order valence-corrected chi connectivity index (χ3v) is 6.18. The minimum atomic E-state index is -0.442. The van der Waals surface area contributed by atoms with Gasteiger partial charge in [-0.25, -0.2) is 9.78 Å². The van der Waals surface area contributed by atoms with Crippen LogP contribution in [0.15, 0.2) is 46.1 Å². The molecule has 4 aromatic rings. The van der Waals surface area contributed by atoms with Gasteiger partial charge in [-0.2, -0.15) is 0 Å². The molecule has 0 bridgehead atoms. The molecule has 0 unspecified atom stereocenters. The minimum Gasteiger partial charge on any atom is -0.325 e. The molecular formula is C26H32N6O3. The number of aryl methyl sites for hydroxylation is 3. The van der Waals surface area contributed by atoms with E-state index in [4.69, 9.17) is 4.98 Å². The lowest BCUT2D eigenvalue weighted by Crippen LogP contribution is -2.31. The van der Waals surface area contributed by atoms with Crippen LogP contribution in [0.1, 0.15) is 58.2 Å². The number of aromatic nitrogens is 5. The van der Waals surface area contributed by atoms with Crippen LogP contribution in [-0.2, 0) is 24.3 Å². The number of imidazole rings is 1. The highest BCUT2D eigenvalue weighted by molar-refractivity contribution is 6.00. The summed E-state index contributed by atoms with van der Waals surface area (Å²) in [5.74, 6) is 0.498. The molecule has 9 heteroatoms. The van der Waals surface area contributed by atoms with Crippen molar-refractivity contribution in [2.45, 2.75) is 71.9 Å². The van der Waals surface area contributed by atoms with Gasteiger partial charge in [0.2, 0.25) is 5.91 Å². The number of hydrogen-bond acceptors (Lipinski definition) is 5. The molecule has 0 aliphatic carbocycles. The number of H-pyrrole nitrogens is 1. The summed E-state index contributed by atoms with van der Waals surface area (Å²) < 4.78 is 3.43. The van der Waals surface area contributed by atoms with E-state index in [0.29, 0.717) is 42.2 Å². The van der Waals surface area contributed by atoms with Crippen molar-refractivity contribution in [3.63, 3.8) is 0 Å². The second kappa shape index (κ2) is 11.1. The van der Waals surface area contributed by atoms with E-state index in [2.05, 4.69) is 22.2 Å². The normalized spacial score (nSPS) is 11.4. The van der Waals surface area contributed by atoms with E-state index in [9.17, 15) is 14.4 Å². The number of rotatable bonds is 11. The van der Waals surface area contributed by atoms with Gasteiger partial charge < -0.3 is 9.88 Å². The monoisotopic (exact) mass is 476 g/mol. The van der Waals surface area contributed by atoms with E-state index >= 15 is 0 Å². The smallest absolute Gasteiger partial charge is 0.325 e. The molecule has 1 amide bonds. The van der Waals surface area contributed by atoms with Crippen LogP contribution in [0.3, 0.4) is 0 Å². The Morgan fingerprint density at radius 1 is 1.00 bits per heavy atom. The number of benzene rings is 1. The van der Waals surface area contributed by atoms with Crippen LogP contribution in [-0.4, -0.2) is 30.0 Å². The summed E-state index contributed by atoms with van der Waals surface area (Å²) >= 11 is 0. The van der Waals surface area contributed by atoms with Crippen LogP contribution in [0.5, 0.6) is 0 Å². The third-order valence-electron chi connectivity index (χ3n) is 6.18. The van der Waals surface area contributed by atoms with Crippen molar-refractivity contribution in [1.82, 2.24) is 24.1 Å². The lowest BCUT2D eigenvalue weighted by atomic mass is 10.1. The fourth-order valence-corrected chi connectivity index (χ4v) is 4.34. The summed E-state index contributed by atoms with van der Waals surface area (Å²) in [4.78, 5) is 49.6. The third kappa shape index (κ3) is 5.34. The first-order chi connectivity index (χ1) is 17.0. The van der Waals surface area contributed by atoms with Gasteiger partial charge in [-0.15, -0.1) is 0 Å². The topological polar surface area (TPSA) is 115 Å². The highest BCUT2D eigenvalue weighted by Gasteiger charge is 2.19. The van der Waals surface area contributed by atoms with Crippen molar-refractivity contribution in [1.29, 1.82) is 0 Å². The quantitative estimate of drug-likeness (QED) is 0.318. The molecule has 3 heterocycles. The Kier molecular flexibility index (Phi) is 7.74. The molecular weight excluding hydrogens is 444 g/mol. The van der Waals surface area contributed by atoms with Crippen molar-refractivity contribution in [2.24, 2.45) is 0 Å². The van der Waals surface area contributed by atoms with Crippen LogP contribution in [0.25, 0.3) is 22.1 Å². The van der Waals surface area contributed by atoms with Crippen molar-refractivity contribution in [3.8, 4) is 0 Å². The standard InChI is InChI=1S/C26H32N6O3/c1-3-5-7-17-31-21(29-24-23(31)25(34)30-26(35)32(24)16-6-4-2)13-14-22(33)28-20-12-8-11-19-18(20)10-9-15-27-19/h8-12,15H,3-7,13-14,16-17H2,1-2H3,(H,28,33)(H,30,34,35). The fraction of sp³-hybridized carbons (Fsp3) is 0.423. The lowest BCUT2D eigenvalue weighted by molar-refractivity contribution is -0.116. The number of anilines is 1. The van der Waals surface area contributed by atoms with Gasteiger partial charge in [-0.3, -0.25) is 24.1 Å². The van der Waals surface area contributed by atoms with Crippen LogP contribution < -0.4 is 16.6 Å². The Hall–Kier alpha value is -3.75. The van der Waals surface area contributed by atoms with E-state index in [-0.39, 0.29) is 12.3 Å². The zero-order valence-corrected chi connectivity index (χ0v) is 20.3. The van der Waals surface area contributed by atoms with Gasteiger partial charge in [0.15, 0.2) is 11.2 Å². The molecule has 1 aromatic carbocycles. The molecule has 0 saturated carbocycles. The number of unbranched alkanes of at least 4 members (excludes halogenated alkanes) is 3. The highest BCUT2D eigenvalue weighted by atomic mass is 16.2. The summed E-state index contributed by atoms with van der Waals surface area (Å²) in [5, 5.41) is 3.86. The Balaban J connectivity index is 1.62. The number of carbonyl (C=O) groups excluding carboxylic acids is 1. The number of aromatic amines is 1. The zero-order valence-electron chi connectivity index (χ0n) is 20.3. The fourth-order valence-electron chi connectivity index (χ4n) is 4.34. The van der Waals surface area contributed by atoms with Crippen molar-refractivity contribution in [2.75, 3.05) is 5.32 Å². The van der Waals surface area contributed by atoms with Gasteiger partial charge in [0.25, 0.3) is 5.56 Å². The van der Waals surface area contributed by atoms with Gasteiger partial charge in [0.05, 0.1) is 11.2 Å². The zero-order chi connectivity index (χ0) is 24.8. The van der Waals surface area contributed by atoms with E-state index in [1.165, 1.54) is 0 Å². The minimum absolute atomic E-state index is 0.147. The van der Waals surface area contributed by atoms with Crippen molar-refractivity contribution < 1.29 is 4.79 Å². The molecule has 0 atom stereocenters. The highest BCUT2D eigenvalue weighted by Crippen LogP contribution is 2.22. The van der Waals surface area contributed by atoms with Gasteiger partial charge in [-0.05, 0) is 37.1 Å². The first-order valence-corrected chi connectivity index (χ1v) is 12.4. The van der Waals surface area contributed by atoms with E-state index in [1.54, 1.807) is 10.8 Å². The molecule has 184 valence electrons. The maximum atomic E-state index is 12.9. The maximum absolute atomic E-state index is 12.9. The Labute approximate surface area is 203 Å². The largest absolute Gasteiger partial charge is 0.330 e. The maximum Gasteiger partial charge on any atom is 0.330 e. The number of nitrogens with zero attached hydrogens (tertiary/aromatic N) is 4. The number of amides is 1. The summed E-state index contributed by atoms with van der Waals surface area (Å²) in [5.41, 5.74) is 1.46. The van der Waals surface area contributed by atoms with E-state index in [0.717, 1.165) is 43.0 Å². The molecule has 0 spiro atoms. The molecule has 0 fully saturated rings. The second-order valence-corrected chi connectivity index (χ2v) is 8.75. The second-order valence-electron chi connectivity index (χ2n) is 8.75. The Bertz CT molecular complexity index is 1440. The first kappa shape index (κ1) is 24.4.